The van der Waals surface area contributed by atoms with Crippen molar-refractivity contribution in [2.75, 3.05) is 11.4 Å². The zero-order valence-corrected chi connectivity index (χ0v) is 21.4. The molecule has 36 heavy (non-hydrogen) atoms. The molecule has 0 bridgehead atoms. The Hall–Kier alpha value is -3.13. The second-order valence-corrected chi connectivity index (χ2v) is 10.8. The highest BCUT2D eigenvalue weighted by atomic mass is 35.5. The number of anilines is 1. The van der Waals surface area contributed by atoms with E-state index in [2.05, 4.69) is 15.2 Å². The van der Waals surface area contributed by atoms with E-state index in [1.54, 1.807) is 23.1 Å². The molecule has 9 heteroatoms. The smallest absolute Gasteiger partial charge is 0.415 e. The molecule has 2 aromatic rings. The Balaban J connectivity index is 1.43. The van der Waals surface area contributed by atoms with Crippen molar-refractivity contribution < 1.29 is 18.7 Å². The van der Waals surface area contributed by atoms with E-state index in [0.717, 1.165) is 53.3 Å². The quantitative estimate of drug-likeness (QED) is 0.587. The predicted octanol–water partition coefficient (Wildman–Crippen LogP) is 5.52. The summed E-state index contributed by atoms with van der Waals surface area (Å²) in [6.07, 6.45) is 6.79. The number of rotatable bonds is 3. The maximum atomic E-state index is 13.2. The van der Waals surface area contributed by atoms with Crippen LogP contribution in [0.3, 0.4) is 0 Å². The molecule has 3 heterocycles. The second-order valence-electron chi connectivity index (χ2n) is 10.4. The number of carbonyl (C=O) groups excluding carboxylic acids is 1. The summed E-state index contributed by atoms with van der Waals surface area (Å²) in [4.78, 5) is 18.2. The van der Waals surface area contributed by atoms with Crippen LogP contribution < -0.4 is 20.3 Å². The number of H-pyrrole nitrogens is 1. The van der Waals surface area contributed by atoms with E-state index in [1.165, 1.54) is 12.1 Å². The number of carbonyl (C=O) groups is 1. The third-order valence-electron chi connectivity index (χ3n) is 6.58. The van der Waals surface area contributed by atoms with E-state index in [9.17, 15) is 9.18 Å². The van der Waals surface area contributed by atoms with Crippen LogP contribution in [0, 0.1) is 11.7 Å². The Morgan fingerprint density at radius 3 is 2.58 bits per heavy atom. The van der Waals surface area contributed by atoms with Crippen LogP contribution in [0.2, 0.25) is 0 Å². The molecular formula is C27H30ClFN4O3. The summed E-state index contributed by atoms with van der Waals surface area (Å²) in [7, 11) is 0. The summed E-state index contributed by atoms with van der Waals surface area (Å²) < 4.78 is 24.9. The first-order valence-electron chi connectivity index (χ1n) is 12.3. The lowest BCUT2D eigenvalue weighted by molar-refractivity contribution is 0.0584. The van der Waals surface area contributed by atoms with Gasteiger partial charge in [-0.05, 0) is 82.9 Å². The van der Waals surface area contributed by atoms with Crippen molar-refractivity contribution in [3.63, 3.8) is 0 Å². The van der Waals surface area contributed by atoms with Gasteiger partial charge in [0.15, 0.2) is 0 Å². The minimum absolute atomic E-state index is 0.0765. The normalized spacial score (nSPS) is 21.6. The lowest BCUT2D eigenvalue weighted by Gasteiger charge is -2.29. The average molecular weight is 513 g/mol. The molecule has 1 saturated carbocycles. The van der Waals surface area contributed by atoms with Gasteiger partial charge in [-0.2, -0.15) is 10.2 Å². The van der Waals surface area contributed by atoms with Gasteiger partial charge in [0.05, 0.1) is 34.7 Å². The van der Waals surface area contributed by atoms with Crippen LogP contribution in [0.1, 0.15) is 52.0 Å². The SMILES string of the molecule is CC(C)(C)OC(=O)N1CC=C(Cl)C=c2[nH]c3c(c21)CN=NC=3C1CCC(Oc2ccc(F)cc2)CC1. The fraction of sp³-hybridized carbons (Fsp3) is 0.444. The largest absolute Gasteiger partial charge is 0.490 e. The molecule has 7 nitrogen and oxygen atoms in total. The summed E-state index contributed by atoms with van der Waals surface area (Å²) in [5.74, 6) is 0.622. The molecule has 1 fully saturated rings. The minimum atomic E-state index is -0.622. The number of nitrogens with zero attached hydrogens (tertiary/aromatic N) is 3. The zero-order chi connectivity index (χ0) is 25.4. The van der Waals surface area contributed by atoms with Crippen LogP contribution in [0.4, 0.5) is 14.9 Å². The first-order chi connectivity index (χ1) is 17.2. The second kappa shape index (κ2) is 9.73. The molecule has 0 unspecified atom stereocenters. The molecule has 1 aromatic heterocycles. The summed E-state index contributed by atoms with van der Waals surface area (Å²) in [6.45, 7) is 6.22. The predicted molar refractivity (Wildman–Crippen MR) is 137 cm³/mol. The molecular weight excluding hydrogens is 483 g/mol. The fourth-order valence-electron chi connectivity index (χ4n) is 4.96. The van der Waals surface area contributed by atoms with E-state index >= 15 is 0 Å². The number of aromatic amines is 1. The van der Waals surface area contributed by atoms with Gasteiger partial charge in [-0.1, -0.05) is 11.6 Å². The van der Waals surface area contributed by atoms with Gasteiger partial charge in [-0.25, -0.2) is 9.18 Å². The number of hydrogen-bond acceptors (Lipinski definition) is 5. The highest BCUT2D eigenvalue weighted by Gasteiger charge is 2.32. The standard InChI is InChI=1S/C27H30ClFN4O3/c1-27(2,3)36-26(34)33-13-12-17(28)14-22-25(33)21-15-30-32-23(24(21)31-22)16-4-8-19(9-5-16)35-20-10-6-18(29)7-11-20/h6-7,10-12,14,16,19,31H,4-5,8-9,13,15H2,1-3H3. The van der Waals surface area contributed by atoms with Crippen LogP contribution in [0.5, 0.6) is 5.75 Å². The summed E-state index contributed by atoms with van der Waals surface area (Å²) in [5, 5.41) is 11.2. The van der Waals surface area contributed by atoms with Crippen LogP contribution in [-0.4, -0.2) is 29.3 Å². The van der Waals surface area contributed by atoms with Gasteiger partial charge < -0.3 is 14.5 Å². The molecule has 2 aliphatic heterocycles. The Bertz CT molecular complexity index is 1330. The molecule has 1 aliphatic carbocycles. The summed E-state index contributed by atoms with van der Waals surface area (Å²) >= 11 is 6.41. The van der Waals surface area contributed by atoms with E-state index < -0.39 is 11.7 Å². The maximum Gasteiger partial charge on any atom is 0.415 e. The van der Waals surface area contributed by atoms with Crippen LogP contribution in [0.25, 0.3) is 11.8 Å². The lowest BCUT2D eigenvalue weighted by Crippen LogP contribution is -2.39. The Morgan fingerprint density at radius 2 is 1.89 bits per heavy atom. The van der Waals surface area contributed by atoms with Gasteiger partial charge >= 0.3 is 6.09 Å². The Kier molecular flexibility index (Phi) is 6.64. The van der Waals surface area contributed by atoms with Crippen molar-refractivity contribution in [1.82, 2.24) is 4.98 Å². The van der Waals surface area contributed by atoms with Gasteiger partial charge in [-0.15, -0.1) is 0 Å². The molecule has 0 radical (unpaired) electrons. The topological polar surface area (TPSA) is 79.3 Å². The van der Waals surface area contributed by atoms with Crippen molar-refractivity contribution in [1.29, 1.82) is 0 Å². The summed E-state index contributed by atoms with van der Waals surface area (Å²) in [6, 6.07) is 6.15. The van der Waals surface area contributed by atoms with Crippen molar-refractivity contribution in [3.8, 4) is 5.75 Å². The number of allylic oxidation sites excluding steroid dienone is 1. The molecule has 0 saturated heterocycles. The number of halogens is 2. The molecule has 5 rings (SSSR count). The first kappa shape index (κ1) is 24.6. The van der Waals surface area contributed by atoms with Gasteiger partial charge in [0, 0.05) is 23.1 Å². The minimum Gasteiger partial charge on any atom is -0.490 e. The number of ether oxygens (including phenoxy) is 2. The highest BCUT2D eigenvalue weighted by molar-refractivity contribution is 6.34. The Labute approximate surface area is 214 Å². The van der Waals surface area contributed by atoms with E-state index in [4.69, 9.17) is 21.1 Å². The number of nitrogens with one attached hydrogen (secondary N) is 1. The molecule has 190 valence electrons. The van der Waals surface area contributed by atoms with E-state index in [1.807, 2.05) is 26.8 Å². The van der Waals surface area contributed by atoms with Crippen molar-refractivity contribution >= 4 is 35.2 Å². The van der Waals surface area contributed by atoms with Gasteiger partial charge in [0.2, 0.25) is 0 Å². The molecule has 1 N–H and O–H groups in total. The zero-order valence-electron chi connectivity index (χ0n) is 20.7. The van der Waals surface area contributed by atoms with Crippen molar-refractivity contribution in [3.05, 3.63) is 57.5 Å². The molecule has 1 amide bonds. The van der Waals surface area contributed by atoms with Gasteiger partial charge in [0.25, 0.3) is 0 Å². The van der Waals surface area contributed by atoms with Gasteiger partial charge in [-0.3, -0.25) is 4.90 Å². The van der Waals surface area contributed by atoms with Crippen molar-refractivity contribution in [2.24, 2.45) is 16.1 Å². The fourth-order valence-corrected chi connectivity index (χ4v) is 5.14. The highest BCUT2D eigenvalue weighted by Crippen LogP contribution is 2.35. The molecule has 3 aliphatic rings. The van der Waals surface area contributed by atoms with Gasteiger partial charge in [0.1, 0.15) is 17.2 Å². The average Bonchev–Trinajstić information content (AvgIpc) is 3.09. The third kappa shape index (κ3) is 5.19. The molecule has 0 spiro atoms. The number of amides is 1. The number of benzene rings is 1. The lowest BCUT2D eigenvalue weighted by atomic mass is 9.84. The molecule has 0 atom stereocenters. The Morgan fingerprint density at radius 1 is 1.17 bits per heavy atom. The van der Waals surface area contributed by atoms with Crippen LogP contribution in [0.15, 0.2) is 45.6 Å². The first-order valence-corrected chi connectivity index (χ1v) is 12.7. The molecule has 1 aromatic carbocycles. The number of aromatic nitrogens is 1. The van der Waals surface area contributed by atoms with Crippen LogP contribution in [-0.2, 0) is 11.3 Å². The van der Waals surface area contributed by atoms with Crippen molar-refractivity contribution in [2.45, 2.75) is 64.7 Å². The number of hydrogen-bond donors (Lipinski definition) is 1. The number of azo groups is 1. The monoisotopic (exact) mass is 512 g/mol. The van der Waals surface area contributed by atoms with E-state index in [0.29, 0.717) is 23.9 Å². The summed E-state index contributed by atoms with van der Waals surface area (Å²) in [5.41, 5.74) is 1.96. The maximum absolute atomic E-state index is 13.2. The van der Waals surface area contributed by atoms with Crippen LogP contribution >= 0.6 is 11.6 Å². The van der Waals surface area contributed by atoms with E-state index in [-0.39, 0.29) is 17.8 Å². The third-order valence-corrected chi connectivity index (χ3v) is 6.84. The number of fused-ring (bicyclic) bond motifs is 3.